The molecule has 4 rings (SSSR count). The summed E-state index contributed by atoms with van der Waals surface area (Å²) in [5.74, 6) is 0.879. The van der Waals surface area contributed by atoms with Crippen molar-refractivity contribution in [2.75, 3.05) is 24.5 Å². The van der Waals surface area contributed by atoms with Gasteiger partial charge in [0.2, 0.25) is 0 Å². The molecule has 0 radical (unpaired) electrons. The summed E-state index contributed by atoms with van der Waals surface area (Å²) in [5.41, 5.74) is 2.24. The first kappa shape index (κ1) is 20.1. The van der Waals surface area contributed by atoms with Gasteiger partial charge >= 0.3 is 6.09 Å². The van der Waals surface area contributed by atoms with E-state index in [2.05, 4.69) is 38.7 Å². The number of rotatable bonds is 2. The molecule has 1 fully saturated rings. The fraction of sp³-hybridized carbons (Fsp3) is 0.476. The number of hydrogen-bond donors (Lipinski definition) is 0. The number of aromatic nitrogens is 5. The summed E-state index contributed by atoms with van der Waals surface area (Å²) in [7, 11) is 0. The predicted octanol–water partition coefficient (Wildman–Crippen LogP) is 2.96. The van der Waals surface area contributed by atoms with E-state index >= 15 is 0 Å². The van der Waals surface area contributed by atoms with Crippen LogP contribution in [0, 0.1) is 6.92 Å². The Labute approximate surface area is 175 Å². The molecule has 0 saturated carbocycles. The van der Waals surface area contributed by atoms with Gasteiger partial charge in [0.25, 0.3) is 0 Å². The van der Waals surface area contributed by atoms with Gasteiger partial charge in [0, 0.05) is 31.9 Å². The van der Waals surface area contributed by atoms with Crippen LogP contribution in [0.4, 0.5) is 10.6 Å². The van der Waals surface area contributed by atoms with Gasteiger partial charge in [-0.15, -0.1) is 0 Å². The zero-order valence-corrected chi connectivity index (χ0v) is 18.0. The van der Waals surface area contributed by atoms with Crippen LogP contribution in [0.3, 0.4) is 0 Å². The minimum Gasteiger partial charge on any atom is -0.444 e. The molecule has 3 aromatic heterocycles. The van der Waals surface area contributed by atoms with Crippen molar-refractivity contribution in [3.63, 3.8) is 0 Å². The first-order valence-electron chi connectivity index (χ1n) is 10.1. The average molecular weight is 409 g/mol. The van der Waals surface area contributed by atoms with Crippen LogP contribution in [0.2, 0.25) is 0 Å². The lowest BCUT2D eigenvalue weighted by Gasteiger charge is -2.41. The summed E-state index contributed by atoms with van der Waals surface area (Å²) in [5, 5.41) is 0.999. The van der Waals surface area contributed by atoms with E-state index in [9.17, 15) is 4.79 Å². The molecule has 0 N–H and O–H groups in total. The predicted molar refractivity (Wildman–Crippen MR) is 114 cm³/mol. The highest BCUT2D eigenvalue weighted by molar-refractivity contribution is 5.92. The van der Waals surface area contributed by atoms with E-state index in [1.54, 1.807) is 23.6 Å². The molecule has 0 aromatic carbocycles. The molecule has 9 nitrogen and oxygen atoms in total. The summed E-state index contributed by atoms with van der Waals surface area (Å²) in [6.45, 7) is 11.6. The van der Waals surface area contributed by atoms with Gasteiger partial charge in [-0.05, 0) is 40.2 Å². The molecule has 1 aliphatic rings. The second kappa shape index (κ2) is 7.55. The molecule has 0 aliphatic carbocycles. The molecule has 0 bridgehead atoms. The van der Waals surface area contributed by atoms with Gasteiger partial charge in [0.1, 0.15) is 29.7 Å². The molecular formula is C21H27N7O2. The first-order valence-corrected chi connectivity index (χ1v) is 10.1. The second-order valence-electron chi connectivity index (χ2n) is 8.64. The minimum atomic E-state index is -0.503. The van der Waals surface area contributed by atoms with Gasteiger partial charge in [0.15, 0.2) is 0 Å². The first-order chi connectivity index (χ1) is 14.2. The monoisotopic (exact) mass is 409 g/mol. The smallest absolute Gasteiger partial charge is 0.410 e. The summed E-state index contributed by atoms with van der Waals surface area (Å²) >= 11 is 0. The number of fused-ring (bicyclic) bond motifs is 1. The van der Waals surface area contributed by atoms with Crippen molar-refractivity contribution in [3.05, 3.63) is 36.8 Å². The fourth-order valence-corrected chi connectivity index (χ4v) is 3.82. The van der Waals surface area contributed by atoms with E-state index in [0.29, 0.717) is 19.6 Å². The van der Waals surface area contributed by atoms with E-state index in [4.69, 9.17) is 4.74 Å². The highest BCUT2D eigenvalue weighted by Gasteiger charge is 2.31. The number of carbonyl (C=O) groups excluding carboxylic acids is 1. The molecule has 1 saturated heterocycles. The maximum absolute atomic E-state index is 12.5. The van der Waals surface area contributed by atoms with Crippen molar-refractivity contribution in [1.29, 1.82) is 0 Å². The molecule has 30 heavy (non-hydrogen) atoms. The Balaban J connectivity index is 1.63. The SMILES string of the molecule is Cc1cn(-c2cncnc2)c2ncnc(N3CCN(C(=O)OC(C)(C)C)C[C@@H]3C)c12. The lowest BCUT2D eigenvalue weighted by Crippen LogP contribution is -2.54. The highest BCUT2D eigenvalue weighted by Crippen LogP contribution is 2.31. The Bertz CT molecular complexity index is 1060. The highest BCUT2D eigenvalue weighted by atomic mass is 16.6. The third-order valence-corrected chi connectivity index (χ3v) is 5.13. The van der Waals surface area contributed by atoms with E-state index in [1.807, 2.05) is 31.5 Å². The quantitative estimate of drug-likeness (QED) is 0.643. The van der Waals surface area contributed by atoms with Crippen LogP contribution in [0.25, 0.3) is 16.7 Å². The minimum absolute atomic E-state index is 0.0900. The van der Waals surface area contributed by atoms with Gasteiger partial charge in [-0.3, -0.25) is 4.57 Å². The molecule has 1 aliphatic heterocycles. The summed E-state index contributed by atoms with van der Waals surface area (Å²) in [4.78, 5) is 33.9. The fourth-order valence-electron chi connectivity index (χ4n) is 3.82. The molecule has 1 amide bonds. The number of carbonyl (C=O) groups is 1. The largest absolute Gasteiger partial charge is 0.444 e. The van der Waals surface area contributed by atoms with Crippen LogP contribution >= 0.6 is 0 Å². The molecule has 158 valence electrons. The number of aryl methyl sites for hydroxylation is 1. The maximum Gasteiger partial charge on any atom is 0.410 e. The number of piperazine rings is 1. The normalized spacial score (nSPS) is 17.4. The maximum atomic E-state index is 12.5. The van der Waals surface area contributed by atoms with E-state index in [-0.39, 0.29) is 12.1 Å². The van der Waals surface area contributed by atoms with Crippen molar-refractivity contribution >= 4 is 22.9 Å². The third kappa shape index (κ3) is 3.79. The van der Waals surface area contributed by atoms with Crippen LogP contribution in [0.5, 0.6) is 0 Å². The molecule has 3 aromatic rings. The number of amides is 1. The Morgan fingerprint density at radius 3 is 2.53 bits per heavy atom. The van der Waals surface area contributed by atoms with Gasteiger partial charge in [0.05, 0.1) is 23.5 Å². The zero-order valence-electron chi connectivity index (χ0n) is 18.0. The van der Waals surface area contributed by atoms with Gasteiger partial charge < -0.3 is 14.5 Å². The molecule has 4 heterocycles. The summed E-state index contributed by atoms with van der Waals surface area (Å²) in [6, 6.07) is 0.0900. The van der Waals surface area contributed by atoms with Crippen LogP contribution in [-0.2, 0) is 4.74 Å². The van der Waals surface area contributed by atoms with Crippen molar-refractivity contribution in [2.24, 2.45) is 0 Å². The second-order valence-corrected chi connectivity index (χ2v) is 8.64. The third-order valence-electron chi connectivity index (χ3n) is 5.13. The Kier molecular flexibility index (Phi) is 5.05. The van der Waals surface area contributed by atoms with E-state index < -0.39 is 5.60 Å². The standard InChI is InChI=1S/C21H27N7O2/c1-14-10-28(16-8-22-12-23-9-16)19-17(14)18(24-13-25-19)27-7-6-26(11-15(27)2)20(29)30-21(3,4)5/h8-10,12-13,15H,6-7,11H2,1-5H3/t15-/m0/s1. The van der Waals surface area contributed by atoms with Crippen LogP contribution in [0.1, 0.15) is 33.3 Å². The van der Waals surface area contributed by atoms with Crippen LogP contribution in [-0.4, -0.2) is 66.8 Å². The van der Waals surface area contributed by atoms with Crippen LogP contribution in [0.15, 0.2) is 31.2 Å². The molecule has 1 atom stereocenters. The van der Waals surface area contributed by atoms with Gasteiger partial charge in [-0.1, -0.05) is 0 Å². The Morgan fingerprint density at radius 1 is 1.13 bits per heavy atom. The number of nitrogens with zero attached hydrogens (tertiary/aromatic N) is 7. The molecule has 0 spiro atoms. The van der Waals surface area contributed by atoms with Crippen LogP contribution < -0.4 is 4.90 Å². The lowest BCUT2D eigenvalue weighted by atomic mass is 10.1. The molecule has 0 unspecified atom stereocenters. The molecular weight excluding hydrogens is 382 g/mol. The number of anilines is 1. The average Bonchev–Trinajstić information content (AvgIpc) is 3.04. The van der Waals surface area contributed by atoms with E-state index in [1.165, 1.54) is 6.33 Å². The van der Waals surface area contributed by atoms with Gasteiger partial charge in [-0.25, -0.2) is 24.7 Å². The Morgan fingerprint density at radius 2 is 1.87 bits per heavy atom. The summed E-state index contributed by atoms with van der Waals surface area (Å²) < 4.78 is 7.52. The lowest BCUT2D eigenvalue weighted by molar-refractivity contribution is 0.0218. The topological polar surface area (TPSA) is 89.3 Å². The van der Waals surface area contributed by atoms with Crippen molar-refractivity contribution in [1.82, 2.24) is 29.4 Å². The van der Waals surface area contributed by atoms with Crippen molar-refractivity contribution < 1.29 is 9.53 Å². The Hall–Kier alpha value is -3.23. The zero-order chi connectivity index (χ0) is 21.5. The van der Waals surface area contributed by atoms with E-state index in [0.717, 1.165) is 28.1 Å². The summed E-state index contributed by atoms with van der Waals surface area (Å²) in [6.07, 6.45) is 8.38. The van der Waals surface area contributed by atoms with Crippen molar-refractivity contribution in [3.8, 4) is 5.69 Å². The number of hydrogen-bond acceptors (Lipinski definition) is 7. The molecule has 9 heteroatoms. The van der Waals surface area contributed by atoms with Gasteiger partial charge in [-0.2, -0.15) is 0 Å². The van der Waals surface area contributed by atoms with Crippen molar-refractivity contribution in [2.45, 2.75) is 46.3 Å². The number of ether oxygens (including phenoxy) is 1.